The lowest BCUT2D eigenvalue weighted by Crippen LogP contribution is -2.37. The van der Waals surface area contributed by atoms with E-state index >= 15 is 0 Å². The molecule has 0 radical (unpaired) electrons. The van der Waals surface area contributed by atoms with Gasteiger partial charge in [-0.15, -0.1) is 0 Å². The second kappa shape index (κ2) is 6.16. The first kappa shape index (κ1) is 10.7. The lowest BCUT2D eigenvalue weighted by molar-refractivity contribution is 0.143. The van der Waals surface area contributed by atoms with Gasteiger partial charge < -0.3 is 5.32 Å². The normalized spacial score (nSPS) is 18.2. The van der Waals surface area contributed by atoms with E-state index in [4.69, 9.17) is 12.2 Å². The zero-order valence-corrected chi connectivity index (χ0v) is 8.95. The van der Waals surface area contributed by atoms with Crippen molar-refractivity contribution in [2.24, 2.45) is 5.92 Å². The van der Waals surface area contributed by atoms with E-state index in [0.29, 0.717) is 5.11 Å². The fraction of sp³-hybridized carbons (Fsp3) is 0.889. The minimum Gasteiger partial charge on any atom is -0.361 e. The lowest BCUT2D eigenvalue weighted by atomic mass is 9.89. The van der Waals surface area contributed by atoms with E-state index in [9.17, 15) is 0 Å². The summed E-state index contributed by atoms with van der Waals surface area (Å²) >= 11 is 4.97. The number of rotatable bonds is 3. The van der Waals surface area contributed by atoms with Crippen molar-refractivity contribution in [3.8, 4) is 0 Å². The van der Waals surface area contributed by atoms with Crippen molar-refractivity contribution < 1.29 is 4.84 Å². The molecule has 0 bridgehead atoms. The van der Waals surface area contributed by atoms with Crippen LogP contribution in [0.2, 0.25) is 0 Å². The van der Waals surface area contributed by atoms with Gasteiger partial charge in [-0.1, -0.05) is 19.3 Å². The molecular formula is C9H18N2OS. The molecule has 0 saturated heterocycles. The van der Waals surface area contributed by atoms with Crippen molar-refractivity contribution in [2.45, 2.75) is 32.1 Å². The molecule has 1 aliphatic carbocycles. The number of hydrogen-bond acceptors (Lipinski definition) is 2. The van der Waals surface area contributed by atoms with Crippen LogP contribution in [0.4, 0.5) is 0 Å². The highest BCUT2D eigenvalue weighted by molar-refractivity contribution is 7.80. The summed E-state index contributed by atoms with van der Waals surface area (Å²) in [4.78, 5) is 4.69. The molecule has 0 aromatic rings. The van der Waals surface area contributed by atoms with Gasteiger partial charge in [-0.2, -0.15) is 0 Å². The molecule has 0 amide bonds. The fourth-order valence-corrected chi connectivity index (χ4v) is 1.92. The zero-order chi connectivity index (χ0) is 9.52. The van der Waals surface area contributed by atoms with Crippen molar-refractivity contribution in [3.63, 3.8) is 0 Å². The Balaban J connectivity index is 2.06. The van der Waals surface area contributed by atoms with Gasteiger partial charge in [0.15, 0.2) is 5.11 Å². The summed E-state index contributed by atoms with van der Waals surface area (Å²) in [6.07, 6.45) is 6.82. The van der Waals surface area contributed by atoms with Crippen molar-refractivity contribution in [3.05, 3.63) is 0 Å². The first-order valence-corrected chi connectivity index (χ1v) is 5.30. The Kier molecular flexibility index (Phi) is 5.08. The molecule has 1 aliphatic rings. The lowest BCUT2D eigenvalue weighted by Gasteiger charge is -2.22. The quantitative estimate of drug-likeness (QED) is 0.538. The third-order valence-corrected chi connectivity index (χ3v) is 2.70. The van der Waals surface area contributed by atoms with Gasteiger partial charge in [0.2, 0.25) is 0 Å². The van der Waals surface area contributed by atoms with Crippen LogP contribution in [0.25, 0.3) is 0 Å². The van der Waals surface area contributed by atoms with Crippen LogP contribution in [0.1, 0.15) is 32.1 Å². The Morgan fingerprint density at radius 3 is 2.69 bits per heavy atom. The van der Waals surface area contributed by atoms with Crippen LogP contribution in [-0.2, 0) is 4.84 Å². The highest BCUT2D eigenvalue weighted by Crippen LogP contribution is 2.22. The Labute approximate surface area is 85.2 Å². The summed E-state index contributed by atoms with van der Waals surface area (Å²) < 4.78 is 0. The van der Waals surface area contributed by atoms with Crippen LogP contribution in [0.15, 0.2) is 0 Å². The molecule has 1 rings (SSSR count). The van der Waals surface area contributed by atoms with Gasteiger partial charge in [0, 0.05) is 6.54 Å². The molecule has 76 valence electrons. The van der Waals surface area contributed by atoms with Gasteiger partial charge >= 0.3 is 0 Å². The second-order valence-electron chi connectivity index (χ2n) is 3.52. The average molecular weight is 202 g/mol. The predicted molar refractivity (Wildman–Crippen MR) is 57.3 cm³/mol. The van der Waals surface area contributed by atoms with E-state index in [1.54, 1.807) is 7.11 Å². The van der Waals surface area contributed by atoms with Gasteiger partial charge in [-0.05, 0) is 31.0 Å². The van der Waals surface area contributed by atoms with Crippen LogP contribution < -0.4 is 10.8 Å². The molecular weight excluding hydrogens is 184 g/mol. The molecule has 3 nitrogen and oxygen atoms in total. The van der Waals surface area contributed by atoms with Crippen LogP contribution >= 0.6 is 12.2 Å². The summed E-state index contributed by atoms with van der Waals surface area (Å²) in [6.45, 7) is 0.981. The summed E-state index contributed by atoms with van der Waals surface area (Å²) in [7, 11) is 1.56. The minimum absolute atomic E-state index is 0.591. The molecule has 13 heavy (non-hydrogen) atoms. The molecule has 4 heteroatoms. The molecule has 1 fully saturated rings. The van der Waals surface area contributed by atoms with E-state index in [0.717, 1.165) is 12.5 Å². The summed E-state index contributed by atoms with van der Waals surface area (Å²) in [5.74, 6) is 0.797. The molecule has 0 unspecified atom stereocenters. The minimum atomic E-state index is 0.591. The van der Waals surface area contributed by atoms with Gasteiger partial charge in [-0.3, -0.25) is 4.84 Å². The summed E-state index contributed by atoms with van der Waals surface area (Å²) in [5.41, 5.74) is 2.61. The van der Waals surface area contributed by atoms with E-state index in [1.807, 2.05) is 0 Å². The van der Waals surface area contributed by atoms with E-state index in [2.05, 4.69) is 15.6 Å². The molecule has 0 atom stereocenters. The molecule has 0 aliphatic heterocycles. The van der Waals surface area contributed by atoms with Crippen LogP contribution in [0, 0.1) is 5.92 Å². The highest BCUT2D eigenvalue weighted by atomic mass is 32.1. The van der Waals surface area contributed by atoms with E-state index < -0.39 is 0 Å². The standard InChI is InChI=1S/C9H18N2OS/c1-12-11-9(13)10-7-8-5-3-2-4-6-8/h8H,2-7H2,1H3,(H2,10,11,13). The number of nitrogens with one attached hydrogen (secondary N) is 2. The summed E-state index contributed by atoms with van der Waals surface area (Å²) in [5, 5.41) is 3.74. The Morgan fingerprint density at radius 1 is 1.38 bits per heavy atom. The van der Waals surface area contributed by atoms with Gasteiger partial charge in [0.25, 0.3) is 0 Å². The average Bonchev–Trinajstić information content (AvgIpc) is 2.17. The van der Waals surface area contributed by atoms with Crippen LogP contribution in [-0.4, -0.2) is 18.8 Å². The van der Waals surface area contributed by atoms with Gasteiger partial charge in [-0.25, -0.2) is 5.48 Å². The predicted octanol–water partition coefficient (Wildman–Crippen LogP) is 1.59. The second-order valence-corrected chi connectivity index (χ2v) is 3.93. The SMILES string of the molecule is CONC(=S)NCC1CCCCC1. The zero-order valence-electron chi connectivity index (χ0n) is 8.14. The Hall–Kier alpha value is -0.350. The van der Waals surface area contributed by atoms with Crippen molar-refractivity contribution in [1.82, 2.24) is 10.8 Å². The third-order valence-electron chi connectivity index (χ3n) is 2.47. The van der Waals surface area contributed by atoms with E-state index in [-0.39, 0.29) is 0 Å². The maximum atomic E-state index is 4.97. The van der Waals surface area contributed by atoms with E-state index in [1.165, 1.54) is 32.1 Å². The molecule has 2 N–H and O–H groups in total. The molecule has 0 heterocycles. The molecule has 0 aromatic carbocycles. The Bertz CT molecular complexity index is 158. The maximum absolute atomic E-state index is 4.97. The number of hydroxylamine groups is 1. The van der Waals surface area contributed by atoms with Gasteiger partial charge in [0.1, 0.15) is 0 Å². The highest BCUT2D eigenvalue weighted by Gasteiger charge is 2.12. The van der Waals surface area contributed by atoms with Crippen LogP contribution in [0.5, 0.6) is 0 Å². The summed E-state index contributed by atoms with van der Waals surface area (Å²) in [6, 6.07) is 0. The van der Waals surface area contributed by atoms with Crippen molar-refractivity contribution >= 4 is 17.3 Å². The van der Waals surface area contributed by atoms with Crippen molar-refractivity contribution in [2.75, 3.05) is 13.7 Å². The Morgan fingerprint density at radius 2 is 2.08 bits per heavy atom. The monoisotopic (exact) mass is 202 g/mol. The maximum Gasteiger partial charge on any atom is 0.190 e. The van der Waals surface area contributed by atoms with Gasteiger partial charge in [0.05, 0.1) is 7.11 Å². The topological polar surface area (TPSA) is 33.3 Å². The molecule has 1 saturated carbocycles. The largest absolute Gasteiger partial charge is 0.361 e. The third kappa shape index (κ3) is 4.43. The van der Waals surface area contributed by atoms with Crippen LogP contribution in [0.3, 0.4) is 0 Å². The number of thiocarbonyl (C=S) groups is 1. The molecule has 0 aromatic heterocycles. The smallest absolute Gasteiger partial charge is 0.190 e. The fourth-order valence-electron chi connectivity index (χ4n) is 1.76. The number of hydrogen-bond donors (Lipinski definition) is 2. The first-order valence-electron chi connectivity index (χ1n) is 4.89. The molecule has 0 spiro atoms. The van der Waals surface area contributed by atoms with Crippen molar-refractivity contribution in [1.29, 1.82) is 0 Å². The first-order chi connectivity index (χ1) is 6.33.